The molecule has 1 aliphatic carbocycles. The molecule has 2 aromatic carbocycles. The number of benzene rings is 2. The third-order valence-electron chi connectivity index (χ3n) is 3.56. The van der Waals surface area contributed by atoms with Crippen LogP contribution in [0.25, 0.3) is 0 Å². The van der Waals surface area contributed by atoms with Crippen molar-refractivity contribution in [2.45, 2.75) is 18.8 Å². The normalized spacial score (nSPS) is 18.5. The lowest BCUT2D eigenvalue weighted by Gasteiger charge is -2.23. The summed E-state index contributed by atoms with van der Waals surface area (Å²) < 4.78 is 0. The van der Waals surface area contributed by atoms with Crippen molar-refractivity contribution in [3.63, 3.8) is 0 Å². The fourth-order valence-corrected chi connectivity index (χ4v) is 2.79. The Morgan fingerprint density at radius 3 is 2.61 bits per heavy atom. The number of ketones is 1. The second-order valence-electron chi connectivity index (χ2n) is 4.67. The first-order chi connectivity index (χ1) is 8.75. The molecule has 0 fully saturated rings. The summed E-state index contributed by atoms with van der Waals surface area (Å²) in [7, 11) is 0. The first-order valence-corrected chi connectivity index (χ1v) is 6.51. The van der Waals surface area contributed by atoms with Gasteiger partial charge in [0.15, 0.2) is 5.78 Å². The Hall–Kier alpha value is -1.60. The van der Waals surface area contributed by atoms with Crippen molar-refractivity contribution in [1.29, 1.82) is 0 Å². The Labute approximate surface area is 111 Å². The highest BCUT2D eigenvalue weighted by atomic mass is 35.5. The van der Waals surface area contributed by atoms with Crippen LogP contribution in [0.15, 0.2) is 48.5 Å². The Morgan fingerprint density at radius 1 is 1.06 bits per heavy atom. The molecule has 18 heavy (non-hydrogen) atoms. The molecule has 2 aromatic rings. The number of fused-ring (bicyclic) bond motifs is 1. The maximum Gasteiger partial charge on any atom is 0.170 e. The van der Waals surface area contributed by atoms with Gasteiger partial charge in [0, 0.05) is 16.5 Å². The number of halogens is 1. The lowest BCUT2D eigenvalue weighted by molar-refractivity contribution is 0.0946. The highest BCUT2D eigenvalue weighted by Crippen LogP contribution is 2.33. The van der Waals surface area contributed by atoms with Crippen molar-refractivity contribution in [2.24, 2.45) is 0 Å². The second-order valence-corrected chi connectivity index (χ2v) is 5.10. The minimum Gasteiger partial charge on any atom is -0.293 e. The molecule has 0 aliphatic heterocycles. The van der Waals surface area contributed by atoms with E-state index >= 15 is 0 Å². The molecule has 1 aliphatic rings. The minimum atomic E-state index is -0.0165. The quantitative estimate of drug-likeness (QED) is 0.745. The minimum absolute atomic E-state index is 0.0165. The van der Waals surface area contributed by atoms with Crippen LogP contribution in [0.5, 0.6) is 0 Å². The van der Waals surface area contributed by atoms with E-state index in [1.54, 1.807) is 6.07 Å². The molecule has 0 saturated carbocycles. The fourth-order valence-electron chi connectivity index (χ4n) is 2.62. The predicted molar refractivity (Wildman–Crippen MR) is 73.3 cm³/mol. The molecule has 90 valence electrons. The molecular formula is C16H13ClO. The summed E-state index contributed by atoms with van der Waals surface area (Å²) in [4.78, 5) is 12.5. The van der Waals surface area contributed by atoms with Crippen LogP contribution >= 0.6 is 11.6 Å². The molecule has 0 aromatic heterocycles. The van der Waals surface area contributed by atoms with E-state index in [4.69, 9.17) is 11.6 Å². The van der Waals surface area contributed by atoms with Gasteiger partial charge in [0.25, 0.3) is 0 Å². The van der Waals surface area contributed by atoms with E-state index in [0.717, 1.165) is 29.5 Å². The molecule has 0 amide bonds. The number of carbonyl (C=O) groups excluding carboxylic acids is 1. The molecule has 1 atom stereocenters. The van der Waals surface area contributed by atoms with Gasteiger partial charge in [-0.1, -0.05) is 48.0 Å². The van der Waals surface area contributed by atoms with Crippen molar-refractivity contribution < 1.29 is 4.79 Å². The standard InChI is InChI=1S/C16H13ClO/c17-13-8-6-12-7-9-14(16(18)15(12)10-13)11-4-2-1-3-5-11/h1-6,8,10,14H,7,9H2/t14-/m1/s1. The van der Waals surface area contributed by atoms with Gasteiger partial charge in [0.05, 0.1) is 0 Å². The van der Waals surface area contributed by atoms with Crippen LogP contribution < -0.4 is 0 Å². The highest BCUT2D eigenvalue weighted by Gasteiger charge is 2.28. The highest BCUT2D eigenvalue weighted by molar-refractivity contribution is 6.31. The second kappa shape index (κ2) is 4.58. The zero-order valence-corrected chi connectivity index (χ0v) is 10.7. The predicted octanol–water partition coefficient (Wildman–Crippen LogP) is 4.25. The Balaban J connectivity index is 2.02. The summed E-state index contributed by atoms with van der Waals surface area (Å²) in [6, 6.07) is 15.6. The topological polar surface area (TPSA) is 17.1 Å². The van der Waals surface area contributed by atoms with Crippen LogP contribution in [0.4, 0.5) is 0 Å². The third kappa shape index (κ3) is 1.95. The molecule has 0 N–H and O–H groups in total. The smallest absolute Gasteiger partial charge is 0.170 e. The van der Waals surface area contributed by atoms with E-state index in [0.29, 0.717) is 5.02 Å². The van der Waals surface area contributed by atoms with E-state index in [1.807, 2.05) is 42.5 Å². The van der Waals surface area contributed by atoms with Crippen molar-refractivity contribution >= 4 is 17.4 Å². The maximum atomic E-state index is 12.5. The average molecular weight is 257 g/mol. The van der Waals surface area contributed by atoms with E-state index in [-0.39, 0.29) is 11.7 Å². The van der Waals surface area contributed by atoms with Crippen LogP contribution in [0.2, 0.25) is 5.02 Å². The largest absolute Gasteiger partial charge is 0.293 e. The van der Waals surface area contributed by atoms with E-state index in [2.05, 4.69) is 0 Å². The fraction of sp³-hybridized carbons (Fsp3) is 0.188. The molecule has 2 heteroatoms. The summed E-state index contributed by atoms with van der Waals surface area (Å²) in [5.41, 5.74) is 3.02. The van der Waals surface area contributed by atoms with Crippen molar-refractivity contribution in [1.82, 2.24) is 0 Å². The summed E-state index contributed by atoms with van der Waals surface area (Å²) in [6.07, 6.45) is 1.83. The Morgan fingerprint density at radius 2 is 1.83 bits per heavy atom. The van der Waals surface area contributed by atoms with Crippen LogP contribution in [0, 0.1) is 0 Å². The molecule has 0 unspecified atom stereocenters. The average Bonchev–Trinajstić information content (AvgIpc) is 2.41. The number of carbonyl (C=O) groups is 1. The van der Waals surface area contributed by atoms with E-state index in [1.165, 1.54) is 0 Å². The van der Waals surface area contributed by atoms with Gasteiger partial charge in [0.2, 0.25) is 0 Å². The summed E-state index contributed by atoms with van der Waals surface area (Å²) in [5, 5.41) is 0.635. The van der Waals surface area contributed by atoms with Crippen molar-refractivity contribution in [3.8, 4) is 0 Å². The van der Waals surface area contributed by atoms with Gasteiger partial charge in [0.1, 0.15) is 0 Å². The van der Waals surface area contributed by atoms with Gasteiger partial charge in [-0.3, -0.25) is 4.79 Å². The van der Waals surface area contributed by atoms with Crippen molar-refractivity contribution in [3.05, 3.63) is 70.2 Å². The molecule has 3 rings (SSSR count). The first-order valence-electron chi connectivity index (χ1n) is 6.13. The number of Topliss-reactive ketones (excluding diaryl/α,β-unsaturated/α-hetero) is 1. The number of rotatable bonds is 1. The van der Waals surface area contributed by atoms with E-state index in [9.17, 15) is 4.79 Å². The molecule has 0 bridgehead atoms. The first kappa shape index (κ1) is 11.5. The maximum absolute atomic E-state index is 12.5. The van der Waals surface area contributed by atoms with E-state index < -0.39 is 0 Å². The molecule has 1 nitrogen and oxygen atoms in total. The summed E-state index contributed by atoms with van der Waals surface area (Å²) in [5.74, 6) is 0.183. The number of hydrogen-bond acceptors (Lipinski definition) is 1. The monoisotopic (exact) mass is 256 g/mol. The van der Waals surface area contributed by atoms with Gasteiger partial charge < -0.3 is 0 Å². The Kier molecular flexibility index (Phi) is 2.92. The summed E-state index contributed by atoms with van der Waals surface area (Å²) >= 11 is 5.98. The molecular weight excluding hydrogens is 244 g/mol. The van der Waals surface area contributed by atoms with Gasteiger partial charge in [-0.15, -0.1) is 0 Å². The molecule has 0 spiro atoms. The van der Waals surface area contributed by atoms with Gasteiger partial charge in [-0.2, -0.15) is 0 Å². The van der Waals surface area contributed by atoms with Crippen LogP contribution in [-0.2, 0) is 6.42 Å². The Bertz CT molecular complexity index is 589. The number of hydrogen-bond donors (Lipinski definition) is 0. The number of aryl methyl sites for hydroxylation is 1. The molecule has 0 saturated heterocycles. The van der Waals surface area contributed by atoms with Gasteiger partial charge in [-0.25, -0.2) is 0 Å². The van der Waals surface area contributed by atoms with Crippen molar-refractivity contribution in [2.75, 3.05) is 0 Å². The zero-order valence-electron chi connectivity index (χ0n) is 9.90. The SMILES string of the molecule is O=C1c2cc(Cl)ccc2CC[C@@H]1c1ccccc1. The van der Waals surface area contributed by atoms with Gasteiger partial charge >= 0.3 is 0 Å². The van der Waals surface area contributed by atoms with Gasteiger partial charge in [-0.05, 0) is 36.1 Å². The zero-order chi connectivity index (χ0) is 12.5. The lowest BCUT2D eigenvalue weighted by Crippen LogP contribution is -2.20. The van der Waals surface area contributed by atoms with Crippen LogP contribution in [0.3, 0.4) is 0 Å². The summed E-state index contributed by atoms with van der Waals surface area (Å²) in [6.45, 7) is 0. The van der Waals surface area contributed by atoms with Crippen LogP contribution in [0.1, 0.15) is 33.8 Å². The molecule has 0 heterocycles. The lowest BCUT2D eigenvalue weighted by atomic mass is 9.79. The molecule has 0 radical (unpaired) electrons. The third-order valence-corrected chi connectivity index (χ3v) is 3.79. The van der Waals surface area contributed by atoms with Crippen LogP contribution in [-0.4, -0.2) is 5.78 Å².